The maximum atomic E-state index is 7.51. The van der Waals surface area contributed by atoms with Crippen LogP contribution in [0.3, 0.4) is 0 Å². The van der Waals surface area contributed by atoms with Crippen LogP contribution in [-0.4, -0.2) is 17.8 Å². The molecule has 0 radical (unpaired) electrons. The lowest BCUT2D eigenvalue weighted by Gasteiger charge is -2.20. The van der Waals surface area contributed by atoms with Gasteiger partial charge >= 0.3 is 0 Å². The molecule has 2 aromatic carbocycles. The predicted molar refractivity (Wildman–Crippen MR) is 88.5 cm³/mol. The molecule has 3 heteroatoms. The van der Waals surface area contributed by atoms with E-state index in [1.807, 2.05) is 18.2 Å². The van der Waals surface area contributed by atoms with Crippen LogP contribution in [0.1, 0.15) is 27.8 Å². The van der Waals surface area contributed by atoms with Crippen molar-refractivity contribution in [3.63, 3.8) is 0 Å². The van der Waals surface area contributed by atoms with E-state index < -0.39 is 0 Å². The van der Waals surface area contributed by atoms with Gasteiger partial charge in [-0.25, -0.2) is 0 Å². The Bertz CT molecular complexity index is 626. The number of rotatable bonds is 5. The zero-order valence-corrected chi connectivity index (χ0v) is 13.0. The Morgan fingerprint density at radius 3 is 2.29 bits per heavy atom. The number of aryl methyl sites for hydroxylation is 2. The molecule has 0 aliphatic rings. The van der Waals surface area contributed by atoms with E-state index in [0.29, 0.717) is 0 Å². The zero-order valence-electron chi connectivity index (χ0n) is 13.0. The van der Waals surface area contributed by atoms with Gasteiger partial charge in [0, 0.05) is 18.7 Å². The summed E-state index contributed by atoms with van der Waals surface area (Å²) in [5, 5.41) is 7.51. The number of nitrogen functional groups attached to an aromatic ring is 1. The highest BCUT2D eigenvalue weighted by Crippen LogP contribution is 2.16. The van der Waals surface area contributed by atoms with Gasteiger partial charge in [-0.05, 0) is 49.2 Å². The summed E-state index contributed by atoms with van der Waals surface area (Å²) in [6, 6.07) is 14.3. The molecule has 110 valence electrons. The molecule has 0 aliphatic heterocycles. The fourth-order valence-corrected chi connectivity index (χ4v) is 2.57. The lowest BCUT2D eigenvalue weighted by atomic mass is 10.0. The SMILES string of the molecule is Cc1cccc(C)c1CN(C)Cc1cccc(C(=N)N)c1. The summed E-state index contributed by atoms with van der Waals surface area (Å²) in [6.07, 6.45) is 0. The molecule has 0 spiro atoms. The van der Waals surface area contributed by atoms with Crippen LogP contribution in [-0.2, 0) is 13.1 Å². The number of benzene rings is 2. The van der Waals surface area contributed by atoms with Gasteiger partial charge in [0.05, 0.1) is 0 Å². The molecule has 0 heterocycles. The van der Waals surface area contributed by atoms with Crippen molar-refractivity contribution in [1.29, 1.82) is 5.41 Å². The maximum absolute atomic E-state index is 7.51. The number of nitrogens with one attached hydrogen (secondary N) is 1. The smallest absolute Gasteiger partial charge is 0.122 e. The summed E-state index contributed by atoms with van der Waals surface area (Å²) >= 11 is 0. The van der Waals surface area contributed by atoms with Crippen molar-refractivity contribution in [3.8, 4) is 0 Å². The molecule has 0 aromatic heterocycles. The number of amidine groups is 1. The minimum atomic E-state index is 0.120. The molecule has 21 heavy (non-hydrogen) atoms. The standard InChI is InChI=1S/C18H23N3/c1-13-6-4-7-14(2)17(13)12-21(3)11-15-8-5-9-16(10-15)18(19)20/h4-10H,11-12H2,1-3H3,(H3,19,20). The fraction of sp³-hybridized carbons (Fsp3) is 0.278. The van der Waals surface area contributed by atoms with Gasteiger partial charge in [0.25, 0.3) is 0 Å². The van der Waals surface area contributed by atoms with Crippen molar-refractivity contribution in [2.75, 3.05) is 7.05 Å². The van der Waals surface area contributed by atoms with E-state index in [-0.39, 0.29) is 5.84 Å². The molecular formula is C18H23N3. The summed E-state index contributed by atoms with van der Waals surface area (Å²) in [5.74, 6) is 0.120. The lowest BCUT2D eigenvalue weighted by Crippen LogP contribution is -2.19. The molecule has 0 fully saturated rings. The molecule has 2 rings (SSSR count). The maximum Gasteiger partial charge on any atom is 0.122 e. The van der Waals surface area contributed by atoms with Crippen LogP contribution in [0.15, 0.2) is 42.5 Å². The Balaban J connectivity index is 2.10. The molecule has 0 saturated heterocycles. The molecular weight excluding hydrogens is 258 g/mol. The second-order valence-electron chi connectivity index (χ2n) is 5.66. The summed E-state index contributed by atoms with van der Waals surface area (Å²) < 4.78 is 0. The van der Waals surface area contributed by atoms with Crippen LogP contribution in [0, 0.1) is 19.3 Å². The van der Waals surface area contributed by atoms with Crippen molar-refractivity contribution in [1.82, 2.24) is 4.90 Å². The largest absolute Gasteiger partial charge is 0.384 e. The number of nitrogens with zero attached hydrogens (tertiary/aromatic N) is 1. The van der Waals surface area contributed by atoms with E-state index in [1.165, 1.54) is 22.3 Å². The summed E-state index contributed by atoms with van der Waals surface area (Å²) in [4.78, 5) is 2.29. The highest BCUT2D eigenvalue weighted by molar-refractivity contribution is 5.95. The summed E-state index contributed by atoms with van der Waals surface area (Å²) in [5.41, 5.74) is 11.6. The van der Waals surface area contributed by atoms with E-state index in [2.05, 4.69) is 50.1 Å². The van der Waals surface area contributed by atoms with E-state index in [0.717, 1.165) is 18.7 Å². The van der Waals surface area contributed by atoms with E-state index in [1.54, 1.807) is 0 Å². The van der Waals surface area contributed by atoms with Gasteiger partial charge in [-0.2, -0.15) is 0 Å². The summed E-state index contributed by atoms with van der Waals surface area (Å²) in [7, 11) is 2.12. The van der Waals surface area contributed by atoms with Crippen molar-refractivity contribution in [3.05, 3.63) is 70.3 Å². The first kappa shape index (κ1) is 15.3. The zero-order chi connectivity index (χ0) is 15.4. The Morgan fingerprint density at radius 2 is 1.67 bits per heavy atom. The Kier molecular flexibility index (Phi) is 4.76. The van der Waals surface area contributed by atoms with Gasteiger partial charge in [0.2, 0.25) is 0 Å². The third-order valence-corrected chi connectivity index (χ3v) is 3.76. The molecule has 2 aromatic rings. The second-order valence-corrected chi connectivity index (χ2v) is 5.66. The number of nitrogens with two attached hydrogens (primary N) is 1. The Labute approximate surface area is 126 Å². The molecule has 0 aliphatic carbocycles. The summed E-state index contributed by atoms with van der Waals surface area (Å²) in [6.45, 7) is 6.08. The van der Waals surface area contributed by atoms with Crippen LogP contribution in [0.4, 0.5) is 0 Å². The fourth-order valence-electron chi connectivity index (χ4n) is 2.57. The van der Waals surface area contributed by atoms with E-state index in [9.17, 15) is 0 Å². The Morgan fingerprint density at radius 1 is 1.05 bits per heavy atom. The molecule has 0 saturated carbocycles. The first-order chi connectivity index (χ1) is 9.97. The second kappa shape index (κ2) is 6.55. The molecule has 3 N–H and O–H groups in total. The van der Waals surface area contributed by atoms with Crippen LogP contribution < -0.4 is 5.73 Å². The molecule has 0 amide bonds. The van der Waals surface area contributed by atoms with Gasteiger partial charge in [-0.3, -0.25) is 10.3 Å². The number of hydrogen-bond donors (Lipinski definition) is 2. The first-order valence-electron chi connectivity index (χ1n) is 7.14. The average Bonchev–Trinajstić information content (AvgIpc) is 2.43. The van der Waals surface area contributed by atoms with Crippen LogP contribution in [0.25, 0.3) is 0 Å². The van der Waals surface area contributed by atoms with Crippen LogP contribution >= 0.6 is 0 Å². The van der Waals surface area contributed by atoms with Gasteiger partial charge in [-0.1, -0.05) is 36.4 Å². The molecule has 0 unspecified atom stereocenters. The monoisotopic (exact) mass is 281 g/mol. The van der Waals surface area contributed by atoms with E-state index >= 15 is 0 Å². The van der Waals surface area contributed by atoms with Crippen molar-refractivity contribution < 1.29 is 0 Å². The van der Waals surface area contributed by atoms with Gasteiger partial charge in [-0.15, -0.1) is 0 Å². The normalized spacial score (nSPS) is 10.9. The Hall–Kier alpha value is -2.13. The molecule has 0 bridgehead atoms. The van der Waals surface area contributed by atoms with Gasteiger partial charge in [0.15, 0.2) is 0 Å². The highest BCUT2D eigenvalue weighted by Gasteiger charge is 2.07. The third kappa shape index (κ3) is 3.92. The van der Waals surface area contributed by atoms with Crippen molar-refractivity contribution >= 4 is 5.84 Å². The minimum absolute atomic E-state index is 0.120. The number of hydrogen-bond acceptors (Lipinski definition) is 2. The molecule has 0 atom stereocenters. The van der Waals surface area contributed by atoms with Crippen molar-refractivity contribution in [2.45, 2.75) is 26.9 Å². The predicted octanol–water partition coefficient (Wildman–Crippen LogP) is 3.22. The molecule has 3 nitrogen and oxygen atoms in total. The third-order valence-electron chi connectivity index (χ3n) is 3.76. The van der Waals surface area contributed by atoms with Crippen LogP contribution in [0.5, 0.6) is 0 Å². The minimum Gasteiger partial charge on any atom is -0.384 e. The van der Waals surface area contributed by atoms with Crippen LogP contribution in [0.2, 0.25) is 0 Å². The first-order valence-corrected chi connectivity index (χ1v) is 7.14. The topological polar surface area (TPSA) is 53.1 Å². The quantitative estimate of drug-likeness (QED) is 0.653. The van der Waals surface area contributed by atoms with Gasteiger partial charge < -0.3 is 5.73 Å². The highest BCUT2D eigenvalue weighted by atomic mass is 15.1. The van der Waals surface area contributed by atoms with Crippen molar-refractivity contribution in [2.24, 2.45) is 5.73 Å². The van der Waals surface area contributed by atoms with E-state index in [4.69, 9.17) is 11.1 Å². The lowest BCUT2D eigenvalue weighted by molar-refractivity contribution is 0.318. The van der Waals surface area contributed by atoms with Gasteiger partial charge in [0.1, 0.15) is 5.84 Å². The average molecular weight is 281 g/mol.